The molecule has 1 heterocycles. The van der Waals surface area contributed by atoms with E-state index in [1.54, 1.807) is 19.4 Å². The zero-order valence-corrected chi connectivity index (χ0v) is 14.9. The van der Waals surface area contributed by atoms with Crippen LogP contribution < -0.4 is 15.5 Å². The predicted octanol–water partition coefficient (Wildman–Crippen LogP) is 3.38. The van der Waals surface area contributed by atoms with Crippen LogP contribution in [0.5, 0.6) is 5.75 Å². The Bertz CT molecular complexity index is 820. The predicted molar refractivity (Wildman–Crippen MR) is 97.2 cm³/mol. The Balaban J connectivity index is 1.82. The largest absolute Gasteiger partial charge is 0.497 e. The van der Waals surface area contributed by atoms with E-state index in [1.807, 2.05) is 42.7 Å². The molecule has 0 saturated heterocycles. The molecule has 1 fully saturated rings. The number of nitrogens with zero attached hydrogens (tertiary/aromatic N) is 1. The average Bonchev–Trinajstić information content (AvgIpc) is 3.44. The number of rotatable bonds is 6. The van der Waals surface area contributed by atoms with E-state index in [1.165, 1.54) is 0 Å². The van der Waals surface area contributed by atoms with E-state index < -0.39 is 0 Å². The second-order valence-electron chi connectivity index (χ2n) is 6.54. The maximum absolute atomic E-state index is 12.7. The standard InChI is InChI=1S/C20H24N2O3/c1-4-18(14-5-9-16(25-3)10-6-14)21-20(24)17-12-22(15-7-8-15)13(2)11-19(17)23/h5-6,9-12,15,18H,4,7-8H2,1-3H3,(H,21,24). The lowest BCUT2D eigenvalue weighted by atomic mass is 10.0. The Labute approximate surface area is 147 Å². The molecule has 1 amide bonds. The topological polar surface area (TPSA) is 60.3 Å². The van der Waals surface area contributed by atoms with Crippen LogP contribution in [0.3, 0.4) is 0 Å². The summed E-state index contributed by atoms with van der Waals surface area (Å²) in [6.07, 6.45) is 4.66. The quantitative estimate of drug-likeness (QED) is 0.877. The van der Waals surface area contributed by atoms with Gasteiger partial charge < -0.3 is 14.6 Å². The van der Waals surface area contributed by atoms with Crippen molar-refractivity contribution in [3.63, 3.8) is 0 Å². The normalized spacial score (nSPS) is 14.8. The van der Waals surface area contributed by atoms with Gasteiger partial charge in [-0.1, -0.05) is 19.1 Å². The zero-order chi connectivity index (χ0) is 18.0. The van der Waals surface area contributed by atoms with Crippen molar-refractivity contribution in [1.29, 1.82) is 0 Å². The molecule has 2 aromatic rings. The molecular weight excluding hydrogens is 316 g/mol. The minimum absolute atomic E-state index is 0.145. The van der Waals surface area contributed by atoms with Crippen LogP contribution in [-0.2, 0) is 0 Å². The summed E-state index contributed by atoms with van der Waals surface area (Å²) in [5.74, 6) is 0.456. The third-order valence-corrected chi connectivity index (χ3v) is 4.70. The third kappa shape index (κ3) is 3.76. The summed E-state index contributed by atoms with van der Waals surface area (Å²) in [6, 6.07) is 9.45. The smallest absolute Gasteiger partial charge is 0.257 e. The van der Waals surface area contributed by atoms with E-state index in [0.717, 1.165) is 36.3 Å². The van der Waals surface area contributed by atoms with Crippen molar-refractivity contribution < 1.29 is 9.53 Å². The van der Waals surface area contributed by atoms with Gasteiger partial charge in [0.15, 0.2) is 5.43 Å². The summed E-state index contributed by atoms with van der Waals surface area (Å²) < 4.78 is 7.22. The maximum atomic E-state index is 12.7. The molecule has 1 unspecified atom stereocenters. The fraction of sp³-hybridized carbons (Fsp3) is 0.400. The van der Waals surface area contributed by atoms with Gasteiger partial charge in [0.1, 0.15) is 11.3 Å². The molecule has 0 aliphatic heterocycles. The summed E-state index contributed by atoms with van der Waals surface area (Å²) >= 11 is 0. The van der Waals surface area contributed by atoms with Crippen LogP contribution >= 0.6 is 0 Å². The van der Waals surface area contributed by atoms with Crippen LogP contribution in [0.25, 0.3) is 0 Å². The van der Waals surface area contributed by atoms with Gasteiger partial charge >= 0.3 is 0 Å². The molecule has 1 aromatic heterocycles. The number of pyridine rings is 1. The van der Waals surface area contributed by atoms with E-state index in [-0.39, 0.29) is 22.9 Å². The second-order valence-corrected chi connectivity index (χ2v) is 6.54. The van der Waals surface area contributed by atoms with Gasteiger partial charge in [0, 0.05) is 24.0 Å². The van der Waals surface area contributed by atoms with Crippen molar-refractivity contribution >= 4 is 5.91 Å². The van der Waals surface area contributed by atoms with Gasteiger partial charge in [0.25, 0.3) is 5.91 Å². The number of carbonyl (C=O) groups excluding carboxylic acids is 1. The lowest BCUT2D eigenvalue weighted by Crippen LogP contribution is -2.32. The molecule has 1 atom stereocenters. The Morgan fingerprint density at radius 2 is 2.00 bits per heavy atom. The average molecular weight is 340 g/mol. The molecular formula is C20H24N2O3. The van der Waals surface area contributed by atoms with Crippen LogP contribution in [0, 0.1) is 6.92 Å². The van der Waals surface area contributed by atoms with Crippen molar-refractivity contribution in [2.45, 2.75) is 45.2 Å². The molecule has 5 heteroatoms. The SMILES string of the molecule is CCC(NC(=O)c1cn(C2CC2)c(C)cc1=O)c1ccc(OC)cc1. The number of carbonyl (C=O) groups is 1. The molecule has 0 spiro atoms. The van der Waals surface area contributed by atoms with Gasteiger partial charge in [-0.3, -0.25) is 9.59 Å². The van der Waals surface area contributed by atoms with Crippen LogP contribution in [0.1, 0.15) is 59.9 Å². The Kier molecular flexibility index (Phi) is 4.93. The van der Waals surface area contributed by atoms with Gasteiger partial charge in [0.2, 0.25) is 0 Å². The van der Waals surface area contributed by atoms with E-state index in [0.29, 0.717) is 6.04 Å². The lowest BCUT2D eigenvalue weighted by molar-refractivity contribution is 0.0933. The Hall–Kier alpha value is -2.56. The fourth-order valence-electron chi connectivity index (χ4n) is 3.06. The lowest BCUT2D eigenvalue weighted by Gasteiger charge is -2.18. The van der Waals surface area contributed by atoms with Crippen molar-refractivity contribution in [3.05, 3.63) is 63.6 Å². The second kappa shape index (κ2) is 7.13. The number of methoxy groups -OCH3 is 1. The Morgan fingerprint density at radius 3 is 2.56 bits per heavy atom. The van der Waals surface area contributed by atoms with Crippen LogP contribution in [0.2, 0.25) is 0 Å². The number of aromatic nitrogens is 1. The number of ether oxygens (including phenoxy) is 1. The molecule has 1 aliphatic rings. The van der Waals surface area contributed by atoms with Gasteiger partial charge in [-0.15, -0.1) is 0 Å². The van der Waals surface area contributed by atoms with E-state index in [4.69, 9.17) is 4.74 Å². The number of amides is 1. The molecule has 132 valence electrons. The van der Waals surface area contributed by atoms with Crippen LogP contribution in [0.15, 0.2) is 41.3 Å². The highest BCUT2D eigenvalue weighted by Gasteiger charge is 2.26. The van der Waals surface area contributed by atoms with Gasteiger partial charge in [-0.2, -0.15) is 0 Å². The van der Waals surface area contributed by atoms with Crippen LogP contribution in [-0.4, -0.2) is 17.6 Å². The first-order chi connectivity index (χ1) is 12.0. The first kappa shape index (κ1) is 17.3. The zero-order valence-electron chi connectivity index (χ0n) is 14.9. The number of hydrogen-bond acceptors (Lipinski definition) is 3. The number of benzene rings is 1. The summed E-state index contributed by atoms with van der Waals surface area (Å²) in [5.41, 5.74) is 1.89. The third-order valence-electron chi connectivity index (χ3n) is 4.70. The summed E-state index contributed by atoms with van der Waals surface area (Å²) in [4.78, 5) is 25.0. The highest BCUT2D eigenvalue weighted by molar-refractivity contribution is 5.94. The minimum atomic E-state index is -0.318. The maximum Gasteiger partial charge on any atom is 0.257 e. The minimum Gasteiger partial charge on any atom is -0.497 e. The highest BCUT2D eigenvalue weighted by atomic mass is 16.5. The summed E-state index contributed by atoms with van der Waals surface area (Å²) in [6.45, 7) is 3.92. The molecule has 0 radical (unpaired) electrons. The molecule has 0 bridgehead atoms. The summed E-state index contributed by atoms with van der Waals surface area (Å²) in [5, 5.41) is 2.99. The van der Waals surface area contributed by atoms with Crippen molar-refractivity contribution in [1.82, 2.24) is 9.88 Å². The van der Waals surface area contributed by atoms with Crippen molar-refractivity contribution in [2.24, 2.45) is 0 Å². The first-order valence-electron chi connectivity index (χ1n) is 8.71. The molecule has 1 saturated carbocycles. The number of hydrogen-bond donors (Lipinski definition) is 1. The number of nitrogens with one attached hydrogen (secondary N) is 1. The monoisotopic (exact) mass is 340 g/mol. The first-order valence-corrected chi connectivity index (χ1v) is 8.71. The molecule has 25 heavy (non-hydrogen) atoms. The van der Waals surface area contributed by atoms with E-state index in [2.05, 4.69) is 5.32 Å². The molecule has 1 N–H and O–H groups in total. The fourth-order valence-corrected chi connectivity index (χ4v) is 3.06. The Morgan fingerprint density at radius 1 is 1.32 bits per heavy atom. The van der Waals surface area contributed by atoms with Gasteiger partial charge in [-0.05, 0) is 43.9 Å². The molecule has 1 aliphatic carbocycles. The van der Waals surface area contributed by atoms with E-state index in [9.17, 15) is 9.59 Å². The van der Waals surface area contributed by atoms with Gasteiger partial charge in [0.05, 0.1) is 13.2 Å². The van der Waals surface area contributed by atoms with Crippen LogP contribution in [0.4, 0.5) is 0 Å². The molecule has 5 nitrogen and oxygen atoms in total. The summed E-state index contributed by atoms with van der Waals surface area (Å²) in [7, 11) is 1.62. The number of aryl methyl sites for hydroxylation is 1. The van der Waals surface area contributed by atoms with Crippen molar-refractivity contribution in [2.75, 3.05) is 7.11 Å². The van der Waals surface area contributed by atoms with Crippen molar-refractivity contribution in [3.8, 4) is 5.75 Å². The molecule has 3 rings (SSSR count). The van der Waals surface area contributed by atoms with Gasteiger partial charge in [-0.25, -0.2) is 0 Å². The highest BCUT2D eigenvalue weighted by Crippen LogP contribution is 2.35. The van der Waals surface area contributed by atoms with E-state index >= 15 is 0 Å². The molecule has 1 aromatic carbocycles.